The molecule has 0 spiro atoms. The first kappa shape index (κ1) is 17.3. The van der Waals surface area contributed by atoms with E-state index in [1.165, 1.54) is 12.4 Å². The van der Waals surface area contributed by atoms with Gasteiger partial charge < -0.3 is 15.4 Å². The Kier molecular flexibility index (Phi) is 5.72. The molecule has 3 aromatic rings. The van der Waals surface area contributed by atoms with Gasteiger partial charge in [0.2, 0.25) is 5.95 Å². The lowest BCUT2D eigenvalue weighted by atomic mass is 10.2. The van der Waals surface area contributed by atoms with Gasteiger partial charge in [0.05, 0.1) is 17.9 Å². The van der Waals surface area contributed by atoms with Crippen LogP contribution in [0.15, 0.2) is 61.2 Å². The van der Waals surface area contributed by atoms with E-state index >= 15 is 0 Å². The van der Waals surface area contributed by atoms with Gasteiger partial charge in [-0.05, 0) is 36.8 Å². The van der Waals surface area contributed by atoms with Crippen LogP contribution in [0.1, 0.15) is 22.8 Å². The van der Waals surface area contributed by atoms with Gasteiger partial charge >= 0.3 is 0 Å². The van der Waals surface area contributed by atoms with E-state index in [1.807, 2.05) is 43.3 Å². The number of aromatic nitrogens is 3. The number of para-hydroxylation sites is 2. The van der Waals surface area contributed by atoms with Crippen LogP contribution in [0.25, 0.3) is 0 Å². The minimum atomic E-state index is -0.233. The van der Waals surface area contributed by atoms with Crippen molar-refractivity contribution in [1.29, 1.82) is 0 Å². The molecule has 2 aromatic heterocycles. The summed E-state index contributed by atoms with van der Waals surface area (Å²) in [7, 11) is 0. The fourth-order valence-corrected chi connectivity index (χ4v) is 2.27. The Labute approximate surface area is 151 Å². The zero-order valence-corrected chi connectivity index (χ0v) is 14.3. The number of hydrogen-bond acceptors (Lipinski definition) is 6. The standard InChI is InChI=1S/C19H19N5O2/c1-2-26-17-6-4-3-5-16(17)24-19-22-12-15(13-23-19)18(25)21-11-14-7-9-20-10-8-14/h3-10,12-13H,2,11H2,1H3,(H,21,25)(H,22,23,24). The highest BCUT2D eigenvalue weighted by molar-refractivity contribution is 5.93. The van der Waals surface area contributed by atoms with Crippen molar-refractivity contribution in [3.63, 3.8) is 0 Å². The van der Waals surface area contributed by atoms with E-state index in [4.69, 9.17) is 4.74 Å². The maximum Gasteiger partial charge on any atom is 0.254 e. The Morgan fingerprint density at radius 3 is 2.54 bits per heavy atom. The van der Waals surface area contributed by atoms with Crippen LogP contribution in [0.4, 0.5) is 11.6 Å². The molecule has 0 saturated carbocycles. The zero-order chi connectivity index (χ0) is 18.2. The number of carbonyl (C=O) groups excluding carboxylic acids is 1. The minimum Gasteiger partial charge on any atom is -0.492 e. The van der Waals surface area contributed by atoms with Crippen molar-refractivity contribution < 1.29 is 9.53 Å². The fourth-order valence-electron chi connectivity index (χ4n) is 2.27. The average molecular weight is 349 g/mol. The maximum absolute atomic E-state index is 12.2. The number of ether oxygens (including phenoxy) is 1. The molecule has 132 valence electrons. The van der Waals surface area contributed by atoms with E-state index in [2.05, 4.69) is 25.6 Å². The Bertz CT molecular complexity index is 853. The molecule has 3 rings (SSSR count). The third-order valence-electron chi connectivity index (χ3n) is 3.55. The average Bonchev–Trinajstić information content (AvgIpc) is 2.69. The lowest BCUT2D eigenvalue weighted by Crippen LogP contribution is -2.23. The number of pyridine rings is 1. The highest BCUT2D eigenvalue weighted by atomic mass is 16.5. The summed E-state index contributed by atoms with van der Waals surface area (Å²) in [6, 6.07) is 11.2. The normalized spacial score (nSPS) is 10.2. The molecule has 7 heteroatoms. The Hall–Kier alpha value is -3.48. The molecule has 0 radical (unpaired) electrons. The van der Waals surface area contributed by atoms with Crippen LogP contribution >= 0.6 is 0 Å². The summed E-state index contributed by atoms with van der Waals surface area (Å²) in [5.74, 6) is 0.878. The lowest BCUT2D eigenvalue weighted by molar-refractivity contribution is 0.0950. The second-order valence-corrected chi connectivity index (χ2v) is 5.39. The topological polar surface area (TPSA) is 89.0 Å². The van der Waals surface area contributed by atoms with E-state index < -0.39 is 0 Å². The molecule has 1 amide bonds. The monoisotopic (exact) mass is 349 g/mol. The van der Waals surface area contributed by atoms with Gasteiger partial charge in [-0.15, -0.1) is 0 Å². The van der Waals surface area contributed by atoms with E-state index in [0.29, 0.717) is 24.7 Å². The van der Waals surface area contributed by atoms with Crippen molar-refractivity contribution in [2.24, 2.45) is 0 Å². The van der Waals surface area contributed by atoms with Crippen molar-refractivity contribution in [3.05, 3.63) is 72.3 Å². The zero-order valence-electron chi connectivity index (χ0n) is 14.3. The van der Waals surface area contributed by atoms with E-state index in [-0.39, 0.29) is 5.91 Å². The smallest absolute Gasteiger partial charge is 0.254 e. The van der Waals surface area contributed by atoms with Gasteiger partial charge in [0.15, 0.2) is 0 Å². The van der Waals surface area contributed by atoms with Crippen LogP contribution in [0.2, 0.25) is 0 Å². The van der Waals surface area contributed by atoms with Crippen molar-refractivity contribution in [2.45, 2.75) is 13.5 Å². The Morgan fingerprint density at radius 1 is 1.08 bits per heavy atom. The molecule has 0 atom stereocenters. The summed E-state index contributed by atoms with van der Waals surface area (Å²) in [4.78, 5) is 24.5. The third kappa shape index (κ3) is 4.54. The quantitative estimate of drug-likeness (QED) is 0.682. The second-order valence-electron chi connectivity index (χ2n) is 5.39. The fraction of sp³-hybridized carbons (Fsp3) is 0.158. The number of hydrogen-bond donors (Lipinski definition) is 2. The molecule has 2 N–H and O–H groups in total. The van der Waals surface area contributed by atoms with Crippen LogP contribution in [0.5, 0.6) is 5.75 Å². The summed E-state index contributed by atoms with van der Waals surface area (Å²) >= 11 is 0. The predicted octanol–water partition coefficient (Wildman–Crippen LogP) is 2.94. The molecule has 0 bridgehead atoms. The molecular weight excluding hydrogens is 330 g/mol. The van der Waals surface area contributed by atoms with E-state index in [0.717, 1.165) is 17.0 Å². The summed E-state index contributed by atoms with van der Waals surface area (Å²) in [6.45, 7) is 2.91. The second kappa shape index (κ2) is 8.57. The first-order valence-corrected chi connectivity index (χ1v) is 8.24. The van der Waals surface area contributed by atoms with Crippen molar-refractivity contribution in [3.8, 4) is 5.75 Å². The first-order chi connectivity index (χ1) is 12.8. The van der Waals surface area contributed by atoms with E-state index in [1.54, 1.807) is 12.4 Å². The summed E-state index contributed by atoms with van der Waals surface area (Å²) in [6.07, 6.45) is 6.34. The number of amides is 1. The molecule has 26 heavy (non-hydrogen) atoms. The van der Waals surface area contributed by atoms with Crippen molar-refractivity contribution in [1.82, 2.24) is 20.3 Å². The number of anilines is 2. The van der Waals surface area contributed by atoms with Crippen molar-refractivity contribution >= 4 is 17.5 Å². The molecule has 0 aliphatic carbocycles. The first-order valence-electron chi connectivity index (χ1n) is 8.24. The molecule has 2 heterocycles. The van der Waals surface area contributed by atoms with Crippen LogP contribution in [-0.2, 0) is 6.54 Å². The molecular formula is C19H19N5O2. The molecule has 0 unspecified atom stereocenters. The van der Waals surface area contributed by atoms with Crippen LogP contribution < -0.4 is 15.4 Å². The molecule has 0 aliphatic rings. The number of rotatable bonds is 7. The third-order valence-corrected chi connectivity index (χ3v) is 3.55. The molecule has 0 saturated heterocycles. The Balaban J connectivity index is 1.62. The summed E-state index contributed by atoms with van der Waals surface area (Å²) < 4.78 is 5.56. The largest absolute Gasteiger partial charge is 0.492 e. The molecule has 7 nitrogen and oxygen atoms in total. The molecule has 1 aromatic carbocycles. The number of nitrogens with one attached hydrogen (secondary N) is 2. The summed E-state index contributed by atoms with van der Waals surface area (Å²) in [5.41, 5.74) is 2.13. The van der Waals surface area contributed by atoms with Gasteiger partial charge in [-0.2, -0.15) is 0 Å². The van der Waals surface area contributed by atoms with Gasteiger partial charge in [0, 0.05) is 31.3 Å². The maximum atomic E-state index is 12.2. The minimum absolute atomic E-state index is 0.233. The Morgan fingerprint density at radius 2 is 1.81 bits per heavy atom. The number of nitrogens with zero attached hydrogens (tertiary/aromatic N) is 3. The van der Waals surface area contributed by atoms with Crippen LogP contribution in [0, 0.1) is 0 Å². The van der Waals surface area contributed by atoms with Gasteiger partial charge in [-0.25, -0.2) is 9.97 Å². The highest BCUT2D eigenvalue weighted by Gasteiger charge is 2.08. The van der Waals surface area contributed by atoms with Gasteiger partial charge in [0.1, 0.15) is 5.75 Å². The number of carbonyl (C=O) groups is 1. The van der Waals surface area contributed by atoms with E-state index in [9.17, 15) is 4.79 Å². The highest BCUT2D eigenvalue weighted by Crippen LogP contribution is 2.25. The molecule has 0 fully saturated rings. The van der Waals surface area contributed by atoms with Gasteiger partial charge in [-0.1, -0.05) is 12.1 Å². The lowest BCUT2D eigenvalue weighted by Gasteiger charge is -2.11. The van der Waals surface area contributed by atoms with Gasteiger partial charge in [0.25, 0.3) is 5.91 Å². The van der Waals surface area contributed by atoms with Crippen LogP contribution in [-0.4, -0.2) is 27.5 Å². The molecule has 0 aliphatic heterocycles. The number of benzene rings is 1. The van der Waals surface area contributed by atoms with Crippen molar-refractivity contribution in [2.75, 3.05) is 11.9 Å². The summed E-state index contributed by atoms with van der Waals surface area (Å²) in [5, 5.41) is 5.92. The van der Waals surface area contributed by atoms with Crippen LogP contribution in [0.3, 0.4) is 0 Å². The SMILES string of the molecule is CCOc1ccccc1Nc1ncc(C(=O)NCc2ccncc2)cn1. The van der Waals surface area contributed by atoms with Gasteiger partial charge in [-0.3, -0.25) is 9.78 Å². The predicted molar refractivity (Wildman–Crippen MR) is 98.3 cm³/mol.